The maximum atomic E-state index is 12.4. The second kappa shape index (κ2) is 9.91. The highest BCUT2D eigenvalue weighted by atomic mass is 16.5. The Morgan fingerprint density at radius 3 is 2.30 bits per heavy atom. The van der Waals surface area contributed by atoms with Gasteiger partial charge in [-0.1, -0.05) is 48.5 Å². The number of benzene rings is 2. The molecule has 0 aliphatic rings. The lowest BCUT2D eigenvalue weighted by molar-refractivity contribution is -0.148. The molecule has 0 bridgehead atoms. The molecule has 2 aromatic rings. The van der Waals surface area contributed by atoms with Crippen molar-refractivity contribution >= 4 is 23.5 Å². The van der Waals surface area contributed by atoms with E-state index < -0.39 is 23.9 Å². The molecule has 140 valence electrons. The molecule has 1 N–H and O–H groups in total. The van der Waals surface area contributed by atoms with Gasteiger partial charge in [0.1, 0.15) is 0 Å². The minimum Gasteiger partial charge on any atom is -0.463 e. The molecule has 0 aliphatic heterocycles. The molecule has 0 aliphatic carbocycles. The molecule has 1 amide bonds. The molecule has 0 spiro atoms. The van der Waals surface area contributed by atoms with Gasteiger partial charge < -0.3 is 14.8 Å². The Morgan fingerprint density at radius 1 is 0.963 bits per heavy atom. The Kier molecular flexibility index (Phi) is 7.31. The van der Waals surface area contributed by atoms with E-state index in [4.69, 9.17) is 4.74 Å². The molecule has 0 radical (unpaired) electrons. The first-order valence-corrected chi connectivity index (χ1v) is 8.52. The van der Waals surface area contributed by atoms with Gasteiger partial charge in [0.25, 0.3) is 5.91 Å². The number of para-hydroxylation sites is 1. The van der Waals surface area contributed by atoms with Crippen LogP contribution in [-0.2, 0) is 23.9 Å². The molecule has 6 heteroatoms. The number of amides is 1. The van der Waals surface area contributed by atoms with Crippen LogP contribution in [0.25, 0.3) is 11.1 Å². The summed E-state index contributed by atoms with van der Waals surface area (Å²) in [6.45, 7) is 3.32. The normalized spacial score (nSPS) is 11.6. The molecule has 0 saturated carbocycles. The molecule has 0 aromatic heterocycles. The van der Waals surface area contributed by atoms with Gasteiger partial charge in [-0.3, -0.25) is 4.79 Å². The molecule has 2 aromatic carbocycles. The molecule has 2 rings (SSSR count). The van der Waals surface area contributed by atoms with E-state index in [1.54, 1.807) is 19.1 Å². The topological polar surface area (TPSA) is 81.7 Å². The first-order valence-electron chi connectivity index (χ1n) is 8.52. The number of rotatable bonds is 7. The van der Waals surface area contributed by atoms with E-state index in [-0.39, 0.29) is 6.61 Å². The molecule has 0 saturated heterocycles. The zero-order chi connectivity index (χ0) is 19.6. The van der Waals surface area contributed by atoms with Crippen LogP contribution in [0.15, 0.2) is 66.7 Å². The average Bonchev–Trinajstić information content (AvgIpc) is 2.67. The number of ether oxygens (including phenoxy) is 2. The average molecular weight is 367 g/mol. The van der Waals surface area contributed by atoms with Gasteiger partial charge in [0, 0.05) is 23.4 Å². The van der Waals surface area contributed by atoms with Crippen LogP contribution >= 0.6 is 0 Å². The van der Waals surface area contributed by atoms with Crippen LogP contribution in [0, 0.1) is 0 Å². The van der Waals surface area contributed by atoms with E-state index in [1.807, 2.05) is 42.5 Å². The van der Waals surface area contributed by atoms with Crippen molar-refractivity contribution in [1.82, 2.24) is 0 Å². The van der Waals surface area contributed by atoms with E-state index in [2.05, 4.69) is 10.1 Å². The van der Waals surface area contributed by atoms with Gasteiger partial charge in [-0.25, -0.2) is 9.59 Å². The summed E-state index contributed by atoms with van der Waals surface area (Å²) in [7, 11) is 0. The largest absolute Gasteiger partial charge is 0.463 e. The molecular weight excluding hydrogens is 346 g/mol. The van der Waals surface area contributed by atoms with Crippen molar-refractivity contribution in [2.24, 2.45) is 0 Å². The van der Waals surface area contributed by atoms with Gasteiger partial charge in [0.15, 0.2) is 6.10 Å². The summed E-state index contributed by atoms with van der Waals surface area (Å²) < 4.78 is 9.68. The summed E-state index contributed by atoms with van der Waals surface area (Å²) in [5, 5.41) is 2.77. The molecule has 0 fully saturated rings. The SMILES string of the molecule is CCOC(=O)/C=C/C(=O)O[C@H](C)C(=O)Nc1ccccc1-c1ccccc1. The maximum absolute atomic E-state index is 12.4. The van der Waals surface area contributed by atoms with Crippen molar-refractivity contribution in [3.05, 3.63) is 66.7 Å². The fraction of sp³-hybridized carbons (Fsp3) is 0.190. The minimum atomic E-state index is -1.03. The first kappa shape index (κ1) is 19.9. The fourth-order valence-electron chi connectivity index (χ4n) is 2.29. The van der Waals surface area contributed by atoms with Crippen LogP contribution in [0.3, 0.4) is 0 Å². The van der Waals surface area contributed by atoms with Crippen molar-refractivity contribution in [2.75, 3.05) is 11.9 Å². The Morgan fingerprint density at radius 2 is 1.59 bits per heavy atom. The van der Waals surface area contributed by atoms with E-state index in [9.17, 15) is 14.4 Å². The third kappa shape index (κ3) is 6.11. The number of nitrogens with one attached hydrogen (secondary N) is 1. The van der Waals surface area contributed by atoms with Crippen LogP contribution in [0.2, 0.25) is 0 Å². The lowest BCUT2D eigenvalue weighted by atomic mass is 10.0. The summed E-state index contributed by atoms with van der Waals surface area (Å²) in [6.07, 6.45) is 0.856. The summed E-state index contributed by atoms with van der Waals surface area (Å²) in [4.78, 5) is 35.3. The molecule has 0 heterocycles. The standard InChI is InChI=1S/C21H21NO5/c1-3-26-19(23)13-14-20(24)27-15(2)21(25)22-18-12-8-7-11-17(18)16-9-5-4-6-10-16/h4-15H,3H2,1-2H3,(H,22,25)/b14-13+/t15-/m1/s1. The number of hydrogen-bond donors (Lipinski definition) is 1. The zero-order valence-electron chi connectivity index (χ0n) is 15.2. The van der Waals surface area contributed by atoms with E-state index >= 15 is 0 Å². The lowest BCUT2D eigenvalue weighted by Crippen LogP contribution is -2.29. The van der Waals surface area contributed by atoms with Gasteiger partial charge in [0.2, 0.25) is 0 Å². The van der Waals surface area contributed by atoms with E-state index in [0.29, 0.717) is 5.69 Å². The zero-order valence-corrected chi connectivity index (χ0v) is 15.2. The Hall–Kier alpha value is -3.41. The number of carbonyl (C=O) groups is 3. The van der Waals surface area contributed by atoms with E-state index in [1.165, 1.54) is 6.92 Å². The van der Waals surface area contributed by atoms with Crippen molar-refractivity contribution in [1.29, 1.82) is 0 Å². The maximum Gasteiger partial charge on any atom is 0.331 e. The van der Waals surface area contributed by atoms with Crippen LogP contribution in [0.4, 0.5) is 5.69 Å². The summed E-state index contributed by atoms with van der Waals surface area (Å²) in [6, 6.07) is 17.0. The number of anilines is 1. The fourth-order valence-corrected chi connectivity index (χ4v) is 2.29. The quantitative estimate of drug-likeness (QED) is 0.599. The predicted octanol–water partition coefficient (Wildman–Crippen LogP) is 3.34. The molecule has 27 heavy (non-hydrogen) atoms. The molecule has 6 nitrogen and oxygen atoms in total. The Labute approximate surface area is 157 Å². The minimum absolute atomic E-state index is 0.206. The third-order valence-corrected chi connectivity index (χ3v) is 3.57. The number of hydrogen-bond acceptors (Lipinski definition) is 5. The van der Waals surface area contributed by atoms with E-state index in [0.717, 1.165) is 23.3 Å². The van der Waals surface area contributed by atoms with Gasteiger partial charge >= 0.3 is 11.9 Å². The highest BCUT2D eigenvalue weighted by Crippen LogP contribution is 2.27. The highest BCUT2D eigenvalue weighted by molar-refractivity contribution is 5.99. The second-order valence-electron chi connectivity index (χ2n) is 5.57. The predicted molar refractivity (Wildman–Crippen MR) is 102 cm³/mol. The van der Waals surface area contributed by atoms with Gasteiger partial charge in [0.05, 0.1) is 6.61 Å². The van der Waals surface area contributed by atoms with Crippen LogP contribution in [-0.4, -0.2) is 30.6 Å². The molecule has 0 unspecified atom stereocenters. The van der Waals surface area contributed by atoms with Crippen LogP contribution in [0.5, 0.6) is 0 Å². The van der Waals surface area contributed by atoms with Gasteiger partial charge in [-0.05, 0) is 25.5 Å². The third-order valence-electron chi connectivity index (χ3n) is 3.57. The monoisotopic (exact) mass is 367 g/mol. The molecule has 1 atom stereocenters. The summed E-state index contributed by atoms with van der Waals surface area (Å²) in [5.41, 5.74) is 2.42. The van der Waals surface area contributed by atoms with Gasteiger partial charge in [-0.15, -0.1) is 0 Å². The second-order valence-corrected chi connectivity index (χ2v) is 5.57. The van der Waals surface area contributed by atoms with Crippen LogP contribution < -0.4 is 5.32 Å². The van der Waals surface area contributed by atoms with Gasteiger partial charge in [-0.2, -0.15) is 0 Å². The highest BCUT2D eigenvalue weighted by Gasteiger charge is 2.18. The lowest BCUT2D eigenvalue weighted by Gasteiger charge is -2.15. The Bertz CT molecular complexity index is 829. The number of esters is 2. The number of carbonyl (C=O) groups excluding carboxylic acids is 3. The van der Waals surface area contributed by atoms with Crippen molar-refractivity contribution in [3.8, 4) is 11.1 Å². The molecular formula is C21H21NO5. The smallest absolute Gasteiger partial charge is 0.331 e. The van der Waals surface area contributed by atoms with Crippen molar-refractivity contribution in [2.45, 2.75) is 20.0 Å². The summed E-state index contributed by atoms with van der Waals surface area (Å²) in [5.74, 6) is -1.93. The van der Waals surface area contributed by atoms with Crippen molar-refractivity contribution in [3.63, 3.8) is 0 Å². The van der Waals surface area contributed by atoms with Crippen LogP contribution in [0.1, 0.15) is 13.8 Å². The van der Waals surface area contributed by atoms with Crippen molar-refractivity contribution < 1.29 is 23.9 Å². The summed E-state index contributed by atoms with van der Waals surface area (Å²) >= 11 is 0. The Balaban J connectivity index is 2.01. The first-order chi connectivity index (χ1) is 13.0.